The monoisotopic (exact) mass is 494 g/mol. The van der Waals surface area contributed by atoms with E-state index in [0.717, 1.165) is 35.5 Å². The fourth-order valence-electron chi connectivity index (χ4n) is 4.46. The van der Waals surface area contributed by atoms with Gasteiger partial charge in [-0.2, -0.15) is 0 Å². The highest BCUT2D eigenvalue weighted by Gasteiger charge is 2.23. The first-order valence-corrected chi connectivity index (χ1v) is 12.3. The number of carbonyl (C=O) groups is 1. The summed E-state index contributed by atoms with van der Waals surface area (Å²) in [6.07, 6.45) is 7.43. The Morgan fingerprint density at radius 2 is 1.94 bits per heavy atom. The van der Waals surface area contributed by atoms with Gasteiger partial charge in [-0.15, -0.1) is 11.3 Å². The molecule has 0 saturated carbocycles. The molecule has 4 aromatic rings. The number of hydrogen-bond donors (Lipinski definition) is 1. The third kappa shape index (κ3) is 3.93. The predicted molar refractivity (Wildman–Crippen MR) is 135 cm³/mol. The zero-order valence-corrected chi connectivity index (χ0v) is 20.7. The third-order valence-electron chi connectivity index (χ3n) is 6.61. The molecule has 1 aliphatic rings. The van der Waals surface area contributed by atoms with Crippen molar-refractivity contribution in [2.75, 3.05) is 16.8 Å². The van der Waals surface area contributed by atoms with E-state index in [0.29, 0.717) is 27.9 Å². The number of hydrogen-bond acceptors (Lipinski definition) is 8. The van der Waals surface area contributed by atoms with Gasteiger partial charge in [0.1, 0.15) is 11.6 Å². The summed E-state index contributed by atoms with van der Waals surface area (Å²) in [6.45, 7) is 4.83. The smallest absolute Gasteiger partial charge is 0.331 e. The van der Waals surface area contributed by atoms with E-state index in [9.17, 15) is 14.4 Å². The summed E-state index contributed by atoms with van der Waals surface area (Å²) < 4.78 is 4.00. The summed E-state index contributed by atoms with van der Waals surface area (Å²) in [7, 11) is 3.02. The number of rotatable bonds is 5. The van der Waals surface area contributed by atoms with Gasteiger partial charge in [0.2, 0.25) is 11.9 Å². The molecule has 5 rings (SSSR count). The lowest BCUT2D eigenvalue weighted by Gasteiger charge is -2.20. The van der Waals surface area contributed by atoms with Gasteiger partial charge in [0, 0.05) is 56.2 Å². The maximum absolute atomic E-state index is 13.0. The Labute approximate surface area is 204 Å². The Morgan fingerprint density at radius 3 is 2.63 bits per heavy atom. The Morgan fingerprint density at radius 1 is 1.20 bits per heavy atom. The van der Waals surface area contributed by atoms with Crippen LogP contribution in [0.3, 0.4) is 0 Å². The summed E-state index contributed by atoms with van der Waals surface area (Å²) in [6, 6.07) is 1.40. The fraction of sp³-hybridized carbons (Fsp3) is 0.391. The molecule has 1 fully saturated rings. The lowest BCUT2D eigenvalue weighted by molar-refractivity contribution is -0.118. The zero-order valence-electron chi connectivity index (χ0n) is 19.9. The van der Waals surface area contributed by atoms with Crippen LogP contribution in [0.15, 0.2) is 39.6 Å². The third-order valence-corrected chi connectivity index (χ3v) is 7.37. The highest BCUT2D eigenvalue weighted by Crippen LogP contribution is 2.27. The number of aromatic nitrogens is 6. The standard InChI is InChI=1S/C23H26N8O3S/c1-13-6-5-8-30(13)21-24-10-15(11-25-21)16-12-35-22(26-16)27-19(32)14(2)31-9-7-17-18(31)20(33)29(4)23(34)28(17)3/h7,9-14H,5-6,8H2,1-4H3,(H,26,27,32)/t13-,14-/m0/s1. The second-order valence-electron chi connectivity index (χ2n) is 8.82. The van der Waals surface area contributed by atoms with Gasteiger partial charge in [-0.05, 0) is 32.8 Å². The summed E-state index contributed by atoms with van der Waals surface area (Å²) >= 11 is 1.30. The van der Waals surface area contributed by atoms with Crippen molar-refractivity contribution in [2.24, 2.45) is 14.1 Å². The molecule has 1 saturated heterocycles. The van der Waals surface area contributed by atoms with Crippen LogP contribution >= 0.6 is 11.3 Å². The first-order chi connectivity index (χ1) is 16.8. The van der Waals surface area contributed by atoms with Crippen LogP contribution in [0.25, 0.3) is 22.3 Å². The van der Waals surface area contributed by atoms with Gasteiger partial charge in [-0.1, -0.05) is 0 Å². The number of nitrogens with zero attached hydrogens (tertiary/aromatic N) is 7. The van der Waals surface area contributed by atoms with Crippen LogP contribution in [0.2, 0.25) is 0 Å². The molecule has 5 heterocycles. The van der Waals surface area contributed by atoms with Crippen LogP contribution in [0.1, 0.15) is 32.7 Å². The maximum atomic E-state index is 13.0. The van der Waals surface area contributed by atoms with E-state index in [1.807, 2.05) is 5.38 Å². The van der Waals surface area contributed by atoms with Crippen LogP contribution in [0, 0.1) is 0 Å². The van der Waals surface area contributed by atoms with Gasteiger partial charge in [0.15, 0.2) is 5.13 Å². The summed E-state index contributed by atoms with van der Waals surface area (Å²) in [5, 5.41) is 5.11. The number of amides is 1. The molecule has 0 spiro atoms. The molecule has 1 amide bonds. The van der Waals surface area contributed by atoms with Crippen molar-refractivity contribution in [1.29, 1.82) is 0 Å². The van der Waals surface area contributed by atoms with Gasteiger partial charge < -0.3 is 14.8 Å². The number of anilines is 2. The SMILES string of the molecule is C[C@H]1CCCN1c1ncc(-c2csc(NC(=O)[C@H](C)n3ccc4c3c(=O)n(C)c(=O)n4C)n2)cn1. The molecule has 182 valence electrons. The van der Waals surface area contributed by atoms with Crippen LogP contribution in [0.4, 0.5) is 11.1 Å². The normalized spacial score (nSPS) is 16.7. The lowest BCUT2D eigenvalue weighted by atomic mass is 10.2. The van der Waals surface area contributed by atoms with Gasteiger partial charge in [-0.25, -0.2) is 19.7 Å². The molecule has 4 aromatic heterocycles. The first kappa shape index (κ1) is 23.0. The Hall–Kier alpha value is -3.80. The second kappa shape index (κ2) is 8.77. The Balaban J connectivity index is 1.34. The number of carbonyl (C=O) groups excluding carboxylic acids is 1. The van der Waals surface area contributed by atoms with E-state index < -0.39 is 17.3 Å². The van der Waals surface area contributed by atoms with Crippen LogP contribution < -0.4 is 21.5 Å². The van der Waals surface area contributed by atoms with E-state index in [1.165, 1.54) is 23.0 Å². The molecular formula is C23H26N8O3S. The van der Waals surface area contributed by atoms with Crippen molar-refractivity contribution in [3.63, 3.8) is 0 Å². The predicted octanol–water partition coefficient (Wildman–Crippen LogP) is 2.14. The minimum atomic E-state index is -0.699. The summed E-state index contributed by atoms with van der Waals surface area (Å²) in [4.78, 5) is 53.7. The zero-order chi connectivity index (χ0) is 24.9. The molecule has 2 atom stereocenters. The van der Waals surface area contributed by atoms with Gasteiger partial charge in [-0.3, -0.25) is 18.7 Å². The topological polar surface area (TPSA) is 120 Å². The van der Waals surface area contributed by atoms with E-state index in [2.05, 4.69) is 32.1 Å². The van der Waals surface area contributed by atoms with Crippen molar-refractivity contribution in [2.45, 2.75) is 38.8 Å². The molecule has 0 aliphatic carbocycles. The number of aryl methyl sites for hydroxylation is 1. The van der Waals surface area contributed by atoms with Crippen molar-refractivity contribution in [3.05, 3.63) is 50.9 Å². The van der Waals surface area contributed by atoms with Crippen LogP contribution in [-0.4, -0.2) is 47.1 Å². The largest absolute Gasteiger partial charge is 0.338 e. The summed E-state index contributed by atoms with van der Waals surface area (Å²) in [5.74, 6) is 0.396. The highest BCUT2D eigenvalue weighted by molar-refractivity contribution is 7.14. The fourth-order valence-corrected chi connectivity index (χ4v) is 5.18. The lowest BCUT2D eigenvalue weighted by Crippen LogP contribution is -2.38. The quantitative estimate of drug-likeness (QED) is 0.451. The molecule has 0 aromatic carbocycles. The molecule has 12 heteroatoms. The number of fused-ring (bicyclic) bond motifs is 1. The molecular weight excluding hydrogens is 468 g/mol. The van der Waals surface area contributed by atoms with Crippen molar-refractivity contribution in [1.82, 2.24) is 28.7 Å². The summed E-state index contributed by atoms with van der Waals surface area (Å²) in [5.41, 5.74) is 1.35. The maximum Gasteiger partial charge on any atom is 0.331 e. The van der Waals surface area contributed by atoms with Gasteiger partial charge in [0.25, 0.3) is 5.56 Å². The average molecular weight is 495 g/mol. The first-order valence-electron chi connectivity index (χ1n) is 11.4. The van der Waals surface area contributed by atoms with E-state index in [1.54, 1.807) is 43.2 Å². The van der Waals surface area contributed by atoms with Crippen molar-refractivity contribution >= 4 is 39.4 Å². The van der Waals surface area contributed by atoms with Gasteiger partial charge >= 0.3 is 5.69 Å². The molecule has 35 heavy (non-hydrogen) atoms. The van der Waals surface area contributed by atoms with Crippen LogP contribution in [-0.2, 0) is 18.9 Å². The molecule has 11 nitrogen and oxygen atoms in total. The molecule has 1 N–H and O–H groups in total. The highest BCUT2D eigenvalue weighted by atomic mass is 32.1. The van der Waals surface area contributed by atoms with E-state index in [4.69, 9.17) is 0 Å². The van der Waals surface area contributed by atoms with E-state index >= 15 is 0 Å². The van der Waals surface area contributed by atoms with Crippen LogP contribution in [0.5, 0.6) is 0 Å². The minimum absolute atomic E-state index is 0.293. The molecule has 0 unspecified atom stereocenters. The van der Waals surface area contributed by atoms with Crippen molar-refractivity contribution in [3.8, 4) is 11.3 Å². The Bertz CT molecular complexity index is 1530. The number of thiazole rings is 1. The van der Waals surface area contributed by atoms with Crippen molar-refractivity contribution < 1.29 is 4.79 Å². The number of nitrogens with one attached hydrogen (secondary N) is 1. The van der Waals surface area contributed by atoms with E-state index in [-0.39, 0.29) is 5.91 Å². The Kier molecular flexibility index (Phi) is 5.75. The second-order valence-corrected chi connectivity index (χ2v) is 9.68. The molecule has 0 radical (unpaired) electrons. The van der Waals surface area contributed by atoms with Gasteiger partial charge in [0.05, 0.1) is 11.2 Å². The minimum Gasteiger partial charge on any atom is -0.338 e. The molecule has 0 bridgehead atoms. The molecule has 1 aliphatic heterocycles. The average Bonchev–Trinajstić information content (AvgIpc) is 3.61.